The maximum absolute atomic E-state index is 5.40. The van der Waals surface area contributed by atoms with Gasteiger partial charge >= 0.3 is 0 Å². The van der Waals surface area contributed by atoms with E-state index < -0.39 is 0 Å². The van der Waals surface area contributed by atoms with Crippen LogP contribution in [-0.2, 0) is 9.47 Å². The first kappa shape index (κ1) is 14.4. The molecule has 0 rings (SSSR count). The van der Waals surface area contributed by atoms with E-state index in [1.165, 1.54) is 0 Å². The molecule has 88 valence electrons. The van der Waals surface area contributed by atoms with Gasteiger partial charge in [-0.3, -0.25) is 0 Å². The third-order valence-electron chi connectivity index (χ3n) is 2.09. The lowest BCUT2D eigenvalue weighted by atomic mass is 10.1. The van der Waals surface area contributed by atoms with E-state index in [1.54, 1.807) is 7.11 Å². The molecule has 1 atom stereocenters. The van der Waals surface area contributed by atoms with Gasteiger partial charge in [0.1, 0.15) is 0 Å². The summed E-state index contributed by atoms with van der Waals surface area (Å²) in [6.45, 7) is 5.22. The Balaban J connectivity index is 3.44. The lowest BCUT2D eigenvalue weighted by Crippen LogP contribution is -2.30. The van der Waals surface area contributed by atoms with E-state index >= 15 is 0 Å². The monoisotopic (exact) mass is 213 g/mol. The van der Waals surface area contributed by atoms with E-state index in [2.05, 4.69) is 18.2 Å². The maximum atomic E-state index is 5.40. The second-order valence-electron chi connectivity index (χ2n) is 3.45. The predicted octanol–water partition coefficient (Wildman–Crippen LogP) is 1.43. The van der Waals surface area contributed by atoms with Crippen molar-refractivity contribution in [2.45, 2.75) is 32.2 Å². The van der Waals surface area contributed by atoms with Crippen LogP contribution >= 0.6 is 0 Å². The van der Waals surface area contributed by atoms with Gasteiger partial charge in [-0.15, -0.1) is 12.3 Å². The number of terminal acetylenes is 1. The summed E-state index contributed by atoms with van der Waals surface area (Å²) < 4.78 is 10.3. The van der Waals surface area contributed by atoms with Gasteiger partial charge in [-0.05, 0) is 19.4 Å². The van der Waals surface area contributed by atoms with Crippen molar-refractivity contribution in [2.75, 3.05) is 33.5 Å². The molecule has 0 heterocycles. The van der Waals surface area contributed by atoms with Gasteiger partial charge in [0.2, 0.25) is 0 Å². The molecule has 0 radical (unpaired) electrons. The van der Waals surface area contributed by atoms with E-state index in [0.717, 1.165) is 32.4 Å². The van der Waals surface area contributed by atoms with Crippen molar-refractivity contribution in [1.82, 2.24) is 5.32 Å². The molecule has 3 heteroatoms. The molecular weight excluding hydrogens is 190 g/mol. The number of nitrogens with one attached hydrogen (secondary N) is 1. The summed E-state index contributed by atoms with van der Waals surface area (Å²) in [5.41, 5.74) is 0. The molecule has 0 aliphatic heterocycles. The Labute approximate surface area is 93.5 Å². The zero-order chi connectivity index (χ0) is 11.4. The van der Waals surface area contributed by atoms with E-state index in [-0.39, 0.29) is 0 Å². The van der Waals surface area contributed by atoms with Crippen molar-refractivity contribution in [3.05, 3.63) is 0 Å². The molecule has 0 aromatic heterocycles. The molecule has 0 fully saturated rings. The van der Waals surface area contributed by atoms with Crippen molar-refractivity contribution in [1.29, 1.82) is 0 Å². The van der Waals surface area contributed by atoms with Crippen LogP contribution in [0.25, 0.3) is 0 Å². The smallest absolute Gasteiger partial charge is 0.0700 e. The fourth-order valence-corrected chi connectivity index (χ4v) is 1.24. The SMILES string of the molecule is C#CCC(CCOCCOC)NCCC. The summed E-state index contributed by atoms with van der Waals surface area (Å²) in [6, 6.07) is 0.387. The van der Waals surface area contributed by atoms with Crippen LogP contribution in [0, 0.1) is 12.3 Å². The Morgan fingerprint density at radius 3 is 2.73 bits per heavy atom. The van der Waals surface area contributed by atoms with Gasteiger partial charge in [0.25, 0.3) is 0 Å². The van der Waals surface area contributed by atoms with Crippen LogP contribution in [0.3, 0.4) is 0 Å². The van der Waals surface area contributed by atoms with Crippen molar-refractivity contribution >= 4 is 0 Å². The second kappa shape index (κ2) is 11.5. The Bertz CT molecular complexity index is 165. The van der Waals surface area contributed by atoms with Crippen molar-refractivity contribution in [2.24, 2.45) is 0 Å². The summed E-state index contributed by atoms with van der Waals surface area (Å²) in [7, 11) is 1.67. The summed E-state index contributed by atoms with van der Waals surface area (Å²) >= 11 is 0. The van der Waals surface area contributed by atoms with Crippen LogP contribution in [0.5, 0.6) is 0 Å². The van der Waals surface area contributed by atoms with Crippen molar-refractivity contribution in [3.63, 3.8) is 0 Å². The first-order valence-electron chi connectivity index (χ1n) is 5.58. The van der Waals surface area contributed by atoms with Crippen molar-refractivity contribution in [3.8, 4) is 12.3 Å². The van der Waals surface area contributed by atoms with Gasteiger partial charge in [0, 0.05) is 26.2 Å². The molecule has 0 aromatic rings. The van der Waals surface area contributed by atoms with Crippen LogP contribution in [0.15, 0.2) is 0 Å². The molecule has 0 aromatic carbocycles. The minimum atomic E-state index is 0.387. The normalized spacial score (nSPS) is 12.3. The molecule has 0 bridgehead atoms. The molecule has 15 heavy (non-hydrogen) atoms. The molecular formula is C12H23NO2. The van der Waals surface area contributed by atoms with Gasteiger partial charge in [-0.25, -0.2) is 0 Å². The van der Waals surface area contributed by atoms with E-state index in [4.69, 9.17) is 15.9 Å². The zero-order valence-electron chi connectivity index (χ0n) is 9.92. The number of hydrogen-bond acceptors (Lipinski definition) is 3. The van der Waals surface area contributed by atoms with Gasteiger partial charge in [0.05, 0.1) is 13.2 Å². The molecule has 0 amide bonds. The first-order chi connectivity index (χ1) is 7.35. The molecule has 1 unspecified atom stereocenters. The fraction of sp³-hybridized carbons (Fsp3) is 0.833. The lowest BCUT2D eigenvalue weighted by Gasteiger charge is -2.15. The molecule has 0 saturated heterocycles. The molecule has 0 spiro atoms. The highest BCUT2D eigenvalue weighted by molar-refractivity contribution is 4.89. The first-order valence-corrected chi connectivity index (χ1v) is 5.58. The van der Waals surface area contributed by atoms with E-state index in [0.29, 0.717) is 19.3 Å². The molecule has 3 nitrogen and oxygen atoms in total. The molecule has 1 N–H and O–H groups in total. The average Bonchev–Trinajstić information content (AvgIpc) is 2.25. The summed E-state index contributed by atoms with van der Waals surface area (Å²) in [4.78, 5) is 0. The topological polar surface area (TPSA) is 30.5 Å². The maximum Gasteiger partial charge on any atom is 0.0700 e. The van der Waals surface area contributed by atoms with Gasteiger partial charge in [-0.1, -0.05) is 6.92 Å². The van der Waals surface area contributed by atoms with Crippen LogP contribution in [0.4, 0.5) is 0 Å². The Morgan fingerprint density at radius 1 is 1.33 bits per heavy atom. The van der Waals surface area contributed by atoms with Crippen LogP contribution in [-0.4, -0.2) is 39.5 Å². The molecule has 0 aliphatic carbocycles. The van der Waals surface area contributed by atoms with Gasteiger partial charge in [0.15, 0.2) is 0 Å². The quantitative estimate of drug-likeness (QED) is 0.440. The largest absolute Gasteiger partial charge is 0.382 e. The third-order valence-corrected chi connectivity index (χ3v) is 2.09. The van der Waals surface area contributed by atoms with Gasteiger partial charge in [-0.2, -0.15) is 0 Å². The molecule has 0 aliphatic rings. The van der Waals surface area contributed by atoms with Gasteiger partial charge < -0.3 is 14.8 Å². The number of hydrogen-bond donors (Lipinski definition) is 1. The number of ether oxygens (including phenoxy) is 2. The Hall–Kier alpha value is -0.560. The van der Waals surface area contributed by atoms with Crippen LogP contribution in [0.1, 0.15) is 26.2 Å². The average molecular weight is 213 g/mol. The third kappa shape index (κ3) is 9.74. The summed E-state index contributed by atoms with van der Waals surface area (Å²) in [6.07, 6.45) is 8.17. The second-order valence-corrected chi connectivity index (χ2v) is 3.45. The Kier molecular flexibility index (Phi) is 11.1. The Morgan fingerprint density at radius 2 is 2.13 bits per heavy atom. The number of rotatable bonds is 10. The minimum absolute atomic E-state index is 0.387. The molecule has 0 saturated carbocycles. The highest BCUT2D eigenvalue weighted by Gasteiger charge is 2.05. The summed E-state index contributed by atoms with van der Waals surface area (Å²) in [5.74, 6) is 2.69. The lowest BCUT2D eigenvalue weighted by molar-refractivity contribution is 0.0660. The van der Waals surface area contributed by atoms with Crippen LogP contribution in [0.2, 0.25) is 0 Å². The summed E-state index contributed by atoms with van der Waals surface area (Å²) in [5, 5.41) is 3.41. The van der Waals surface area contributed by atoms with Crippen molar-refractivity contribution < 1.29 is 9.47 Å². The standard InChI is InChI=1S/C12H23NO2/c1-4-6-12(13-8-5-2)7-9-15-11-10-14-3/h1,12-13H,5-11H2,2-3H3. The highest BCUT2D eigenvalue weighted by Crippen LogP contribution is 1.98. The van der Waals surface area contributed by atoms with E-state index in [9.17, 15) is 0 Å². The number of methoxy groups -OCH3 is 1. The predicted molar refractivity (Wildman–Crippen MR) is 62.8 cm³/mol. The van der Waals surface area contributed by atoms with Crippen LogP contribution < -0.4 is 5.32 Å². The highest BCUT2D eigenvalue weighted by atomic mass is 16.5. The minimum Gasteiger partial charge on any atom is -0.382 e. The fourth-order valence-electron chi connectivity index (χ4n) is 1.24. The zero-order valence-corrected chi connectivity index (χ0v) is 9.92. The van der Waals surface area contributed by atoms with E-state index in [1.807, 2.05) is 0 Å².